The van der Waals surface area contributed by atoms with E-state index in [1.54, 1.807) is 20.8 Å². The minimum Gasteiger partial charge on any atom is -0.444 e. The van der Waals surface area contributed by atoms with E-state index in [9.17, 15) is 18.4 Å². The average molecular weight is 643 g/mol. The first kappa shape index (κ1) is 35.4. The molecule has 0 bridgehead atoms. The summed E-state index contributed by atoms with van der Waals surface area (Å²) < 4.78 is 34.3. The van der Waals surface area contributed by atoms with Crippen molar-refractivity contribution in [2.45, 2.75) is 121 Å². The lowest BCUT2D eigenvalue weighted by atomic mass is 9.85. The maximum absolute atomic E-state index is 14.5. The van der Waals surface area contributed by atoms with Gasteiger partial charge in [-0.15, -0.1) is 12.4 Å². The predicted molar refractivity (Wildman–Crippen MR) is 172 cm³/mol. The van der Waals surface area contributed by atoms with Gasteiger partial charge in [-0.2, -0.15) is 0 Å². The molecule has 11 heteroatoms. The summed E-state index contributed by atoms with van der Waals surface area (Å²) in [4.78, 5) is 30.1. The van der Waals surface area contributed by atoms with Crippen molar-refractivity contribution in [2.75, 3.05) is 19.6 Å². The number of thiocarbonyl (C=S) groups is 1. The van der Waals surface area contributed by atoms with Crippen molar-refractivity contribution >= 4 is 41.6 Å². The number of benzene rings is 1. The molecule has 242 valence electrons. The van der Waals surface area contributed by atoms with E-state index < -0.39 is 48.6 Å². The fourth-order valence-electron chi connectivity index (χ4n) is 6.36. The Kier molecular flexibility index (Phi) is 13.0. The molecule has 4 rings (SSSR count). The van der Waals surface area contributed by atoms with Gasteiger partial charge in [0.05, 0.1) is 17.6 Å². The standard InChI is InChI=1S/C32H48F2N4O3S.ClH/c1-31(2,3)41-30(40)38-22-32(33,34)20-27(38)28(39)36-26(15-14-23-10-6-4-7-11-23)29(42)35-25-16-18-37(19-17-25)21-24-12-8-5-9-13-24;/h5,8-9,12-13,23,25-27H,4,6-7,10-11,14-22H2,1-3H3,(H,35,42)(H,36,39);1H/t26-,27+;/m1./s1. The number of carbonyl (C=O) groups is 2. The highest BCUT2D eigenvalue weighted by Crippen LogP contribution is 2.34. The highest BCUT2D eigenvalue weighted by Gasteiger charge is 2.51. The van der Waals surface area contributed by atoms with E-state index in [1.165, 1.54) is 37.7 Å². The van der Waals surface area contributed by atoms with Crippen LogP contribution in [0.1, 0.15) is 90.5 Å². The molecule has 2 atom stereocenters. The third-order valence-electron chi connectivity index (χ3n) is 8.60. The second-order valence-corrected chi connectivity index (χ2v) is 13.8. The minimum atomic E-state index is -3.16. The third kappa shape index (κ3) is 11.1. The number of nitrogens with zero attached hydrogens (tertiary/aromatic N) is 2. The summed E-state index contributed by atoms with van der Waals surface area (Å²) in [5.74, 6) is -3.19. The molecule has 3 fully saturated rings. The second-order valence-electron chi connectivity index (χ2n) is 13.4. The second kappa shape index (κ2) is 15.8. The summed E-state index contributed by atoms with van der Waals surface area (Å²) in [6, 6.07) is 8.83. The number of hydrogen-bond acceptors (Lipinski definition) is 5. The molecule has 0 aromatic heterocycles. The molecule has 1 saturated carbocycles. The zero-order valence-electron chi connectivity index (χ0n) is 25.8. The van der Waals surface area contributed by atoms with E-state index >= 15 is 0 Å². The summed E-state index contributed by atoms with van der Waals surface area (Å²) in [6.07, 6.45) is 7.81. The van der Waals surface area contributed by atoms with Crippen LogP contribution < -0.4 is 10.6 Å². The smallest absolute Gasteiger partial charge is 0.411 e. The predicted octanol–water partition coefficient (Wildman–Crippen LogP) is 6.48. The van der Waals surface area contributed by atoms with Gasteiger partial charge in [-0.1, -0.05) is 74.7 Å². The molecule has 2 heterocycles. The number of likely N-dealkylation sites (tertiary alicyclic amines) is 2. The van der Waals surface area contributed by atoms with Gasteiger partial charge in [0.25, 0.3) is 5.92 Å². The van der Waals surface area contributed by atoms with E-state index in [1.807, 2.05) is 6.07 Å². The van der Waals surface area contributed by atoms with Crippen molar-refractivity contribution < 1.29 is 23.1 Å². The average Bonchev–Trinajstić information content (AvgIpc) is 3.28. The van der Waals surface area contributed by atoms with Gasteiger partial charge in [0.1, 0.15) is 11.6 Å². The maximum atomic E-state index is 14.5. The number of alkyl halides is 2. The molecule has 1 aliphatic carbocycles. The fourth-order valence-corrected chi connectivity index (χ4v) is 6.70. The van der Waals surface area contributed by atoms with Gasteiger partial charge in [0.15, 0.2) is 0 Å². The fraction of sp³-hybridized carbons (Fsp3) is 0.719. The van der Waals surface area contributed by atoms with Crippen LogP contribution in [0.5, 0.6) is 0 Å². The molecule has 0 radical (unpaired) electrons. The van der Waals surface area contributed by atoms with Crippen LogP contribution >= 0.6 is 24.6 Å². The number of nitrogens with one attached hydrogen (secondary N) is 2. The van der Waals surface area contributed by atoms with E-state index in [2.05, 4.69) is 39.8 Å². The summed E-state index contributed by atoms with van der Waals surface area (Å²) in [5, 5.41) is 6.48. The van der Waals surface area contributed by atoms with Crippen LogP contribution in [0.15, 0.2) is 30.3 Å². The monoisotopic (exact) mass is 642 g/mol. The van der Waals surface area contributed by atoms with Crippen LogP contribution in [0.2, 0.25) is 0 Å². The van der Waals surface area contributed by atoms with Gasteiger partial charge in [-0.3, -0.25) is 14.6 Å². The SMILES string of the molecule is CC(C)(C)OC(=O)N1CC(F)(F)C[C@H]1C(=O)N[C@H](CCC1CCCCC1)C(=S)NC1CCN(Cc2ccccc2)CC1.Cl. The summed E-state index contributed by atoms with van der Waals surface area (Å²) in [5.41, 5.74) is 0.434. The van der Waals surface area contributed by atoms with Crippen molar-refractivity contribution in [3.63, 3.8) is 0 Å². The normalized spacial score (nSPS) is 22.3. The van der Waals surface area contributed by atoms with Gasteiger partial charge in [-0.05, 0) is 57.9 Å². The zero-order chi connectivity index (χ0) is 30.3. The quantitative estimate of drug-likeness (QED) is 0.301. The molecule has 7 nitrogen and oxygen atoms in total. The van der Waals surface area contributed by atoms with Crippen LogP contribution in [-0.2, 0) is 16.1 Å². The largest absolute Gasteiger partial charge is 0.444 e. The van der Waals surface area contributed by atoms with E-state index in [4.69, 9.17) is 17.0 Å². The summed E-state index contributed by atoms with van der Waals surface area (Å²) >= 11 is 5.86. The molecule has 2 aliphatic heterocycles. The van der Waals surface area contributed by atoms with E-state index in [0.29, 0.717) is 17.3 Å². The van der Waals surface area contributed by atoms with Crippen molar-refractivity contribution in [2.24, 2.45) is 5.92 Å². The number of carbonyl (C=O) groups excluding carboxylic acids is 2. The molecule has 43 heavy (non-hydrogen) atoms. The number of hydrogen-bond donors (Lipinski definition) is 2. The molecule has 2 N–H and O–H groups in total. The molecule has 2 saturated heterocycles. The van der Waals surface area contributed by atoms with Crippen molar-refractivity contribution in [1.82, 2.24) is 20.4 Å². The van der Waals surface area contributed by atoms with Crippen LogP contribution in [0.3, 0.4) is 0 Å². The van der Waals surface area contributed by atoms with E-state index in [0.717, 1.165) is 43.8 Å². The molecule has 0 unspecified atom stereocenters. The number of ether oxygens (including phenoxy) is 1. The number of amides is 2. The Labute approximate surface area is 267 Å². The summed E-state index contributed by atoms with van der Waals surface area (Å²) in [6.45, 7) is 6.98. The lowest BCUT2D eigenvalue weighted by molar-refractivity contribution is -0.126. The van der Waals surface area contributed by atoms with Gasteiger partial charge in [0, 0.05) is 32.1 Å². The van der Waals surface area contributed by atoms with Crippen LogP contribution in [0, 0.1) is 5.92 Å². The minimum absolute atomic E-state index is 0. The molecular formula is C32H49ClF2N4O3S. The van der Waals surface area contributed by atoms with Crippen molar-refractivity contribution in [3.8, 4) is 0 Å². The first-order valence-electron chi connectivity index (χ1n) is 15.6. The number of halogens is 3. The van der Waals surface area contributed by atoms with Crippen LogP contribution in [0.25, 0.3) is 0 Å². The van der Waals surface area contributed by atoms with E-state index in [-0.39, 0.29) is 18.4 Å². The Morgan fingerprint density at radius 1 is 1.07 bits per heavy atom. The van der Waals surface area contributed by atoms with Crippen LogP contribution in [0.4, 0.5) is 13.6 Å². The summed E-state index contributed by atoms with van der Waals surface area (Å²) in [7, 11) is 0. The maximum Gasteiger partial charge on any atom is 0.411 e. The van der Waals surface area contributed by atoms with Gasteiger partial charge < -0.3 is 15.4 Å². The highest BCUT2D eigenvalue weighted by molar-refractivity contribution is 7.80. The Morgan fingerprint density at radius 3 is 2.35 bits per heavy atom. The van der Waals surface area contributed by atoms with Gasteiger partial charge >= 0.3 is 6.09 Å². The zero-order valence-corrected chi connectivity index (χ0v) is 27.4. The Hall–Kier alpha value is -2.04. The van der Waals surface area contributed by atoms with Crippen molar-refractivity contribution in [3.05, 3.63) is 35.9 Å². The Morgan fingerprint density at radius 2 is 1.72 bits per heavy atom. The lowest BCUT2D eigenvalue weighted by Crippen LogP contribution is -2.55. The molecule has 2 amide bonds. The molecular weight excluding hydrogens is 594 g/mol. The van der Waals surface area contributed by atoms with Gasteiger partial charge in [-0.25, -0.2) is 13.6 Å². The molecule has 3 aliphatic rings. The highest BCUT2D eigenvalue weighted by atomic mass is 35.5. The molecule has 1 aromatic rings. The first-order valence-corrected chi connectivity index (χ1v) is 16.0. The Balaban J connectivity index is 0.00000506. The molecule has 1 aromatic carbocycles. The molecule has 0 spiro atoms. The number of piperidine rings is 1. The lowest BCUT2D eigenvalue weighted by Gasteiger charge is -2.35. The Bertz CT molecular complexity index is 1060. The van der Waals surface area contributed by atoms with Crippen molar-refractivity contribution in [1.29, 1.82) is 0 Å². The van der Waals surface area contributed by atoms with Gasteiger partial charge in [0.2, 0.25) is 5.91 Å². The third-order valence-corrected chi connectivity index (χ3v) is 9.01. The first-order chi connectivity index (χ1) is 19.9. The topological polar surface area (TPSA) is 73.9 Å². The van der Waals surface area contributed by atoms with Crippen LogP contribution in [-0.4, -0.2) is 76.1 Å². The number of rotatable bonds is 9.